The molecule has 0 radical (unpaired) electrons. The second-order valence-electron chi connectivity index (χ2n) is 6.26. The molecule has 1 saturated carbocycles. The third kappa shape index (κ3) is 5.14. The number of rotatable bonds is 3. The molecule has 132 valence electrons. The lowest BCUT2D eigenvalue weighted by Gasteiger charge is -2.41. The predicted molar refractivity (Wildman–Crippen MR) is 105 cm³/mol. The second kappa shape index (κ2) is 10.3. The van der Waals surface area contributed by atoms with Gasteiger partial charge in [-0.25, -0.2) is 0 Å². The summed E-state index contributed by atoms with van der Waals surface area (Å²) in [6.07, 6.45) is 6.66. The van der Waals surface area contributed by atoms with Gasteiger partial charge in [0.2, 0.25) is 0 Å². The van der Waals surface area contributed by atoms with Crippen LogP contribution < -0.4 is 5.32 Å². The summed E-state index contributed by atoms with van der Waals surface area (Å²) in [6.45, 7) is 4.29. The highest BCUT2D eigenvalue weighted by molar-refractivity contribution is 6.36. The zero-order chi connectivity index (χ0) is 14.7. The van der Waals surface area contributed by atoms with Crippen LogP contribution in [0.4, 0.5) is 0 Å². The van der Waals surface area contributed by atoms with Crippen molar-refractivity contribution in [2.24, 2.45) is 5.92 Å². The smallest absolute Gasteiger partial charge is 0.0468 e. The van der Waals surface area contributed by atoms with E-state index >= 15 is 0 Å². The van der Waals surface area contributed by atoms with Gasteiger partial charge in [-0.1, -0.05) is 48.5 Å². The Balaban J connectivity index is 0.00000132. The molecule has 1 aliphatic carbocycles. The lowest BCUT2D eigenvalue weighted by Crippen LogP contribution is -2.47. The van der Waals surface area contributed by atoms with E-state index in [-0.39, 0.29) is 24.8 Å². The van der Waals surface area contributed by atoms with Crippen LogP contribution in [-0.4, -0.2) is 31.1 Å². The van der Waals surface area contributed by atoms with Crippen LogP contribution in [0.2, 0.25) is 10.0 Å². The van der Waals surface area contributed by atoms with Gasteiger partial charge in [0.1, 0.15) is 0 Å². The third-order valence-electron chi connectivity index (χ3n) is 4.94. The summed E-state index contributed by atoms with van der Waals surface area (Å²) >= 11 is 13.1. The van der Waals surface area contributed by atoms with Crippen molar-refractivity contribution in [3.63, 3.8) is 0 Å². The summed E-state index contributed by atoms with van der Waals surface area (Å²) in [7, 11) is 0. The van der Waals surface area contributed by atoms with Crippen molar-refractivity contribution >= 4 is 48.0 Å². The van der Waals surface area contributed by atoms with Crippen molar-refractivity contribution in [3.8, 4) is 0 Å². The fourth-order valence-corrected chi connectivity index (χ4v) is 4.54. The summed E-state index contributed by atoms with van der Waals surface area (Å²) in [5.41, 5.74) is 1.16. The van der Waals surface area contributed by atoms with Gasteiger partial charge in [0.05, 0.1) is 0 Å². The van der Waals surface area contributed by atoms with Gasteiger partial charge in [-0.2, -0.15) is 0 Å². The number of hydrogen-bond donors (Lipinski definition) is 1. The minimum absolute atomic E-state index is 0. The Morgan fingerprint density at radius 1 is 0.957 bits per heavy atom. The van der Waals surface area contributed by atoms with Gasteiger partial charge in [-0.3, -0.25) is 4.90 Å². The summed E-state index contributed by atoms with van der Waals surface area (Å²) in [6, 6.07) is 6.31. The molecular formula is C17H26Cl4N2. The molecule has 1 aliphatic heterocycles. The Labute approximate surface area is 162 Å². The molecule has 0 bridgehead atoms. The van der Waals surface area contributed by atoms with Crippen LogP contribution in [0.1, 0.15) is 43.7 Å². The first-order valence-corrected chi connectivity index (χ1v) is 8.91. The maximum atomic E-state index is 6.54. The third-order valence-corrected chi connectivity index (χ3v) is 5.60. The summed E-state index contributed by atoms with van der Waals surface area (Å²) in [5, 5.41) is 5.11. The van der Waals surface area contributed by atoms with Gasteiger partial charge in [-0.05, 0) is 30.9 Å². The molecule has 1 heterocycles. The quantitative estimate of drug-likeness (QED) is 0.735. The fraction of sp³-hybridized carbons (Fsp3) is 0.647. The van der Waals surface area contributed by atoms with E-state index in [1.54, 1.807) is 0 Å². The predicted octanol–water partition coefficient (Wildman–Crippen LogP) is 5.36. The minimum atomic E-state index is 0. The van der Waals surface area contributed by atoms with E-state index in [1.165, 1.54) is 32.1 Å². The molecule has 6 heteroatoms. The van der Waals surface area contributed by atoms with Gasteiger partial charge in [0.25, 0.3) is 0 Å². The number of nitrogens with zero attached hydrogens (tertiary/aromatic N) is 1. The van der Waals surface area contributed by atoms with Crippen LogP contribution in [-0.2, 0) is 0 Å². The van der Waals surface area contributed by atoms with Crippen LogP contribution in [0.5, 0.6) is 0 Å². The van der Waals surface area contributed by atoms with Gasteiger partial charge >= 0.3 is 0 Å². The molecule has 0 spiro atoms. The molecule has 2 fully saturated rings. The van der Waals surface area contributed by atoms with E-state index in [1.807, 2.05) is 18.2 Å². The molecule has 23 heavy (non-hydrogen) atoms. The molecule has 2 aliphatic rings. The molecule has 1 aromatic rings. The first-order valence-electron chi connectivity index (χ1n) is 8.16. The van der Waals surface area contributed by atoms with Crippen LogP contribution in [0.15, 0.2) is 18.2 Å². The maximum Gasteiger partial charge on any atom is 0.0468 e. The first-order chi connectivity index (χ1) is 10.3. The van der Waals surface area contributed by atoms with Crippen molar-refractivity contribution in [1.29, 1.82) is 0 Å². The summed E-state index contributed by atoms with van der Waals surface area (Å²) in [4.78, 5) is 2.60. The van der Waals surface area contributed by atoms with Crippen molar-refractivity contribution in [2.75, 3.05) is 26.2 Å². The van der Waals surface area contributed by atoms with E-state index in [4.69, 9.17) is 23.2 Å². The number of nitrogens with one attached hydrogen (secondary N) is 1. The molecule has 0 amide bonds. The lowest BCUT2D eigenvalue weighted by atomic mass is 9.80. The SMILES string of the molecule is Cl.Cl.Clc1cccc(Cl)c1[C@@H](C1CCCCC1)N1CCNCC1. The highest BCUT2D eigenvalue weighted by atomic mass is 35.5. The van der Waals surface area contributed by atoms with Crippen molar-refractivity contribution in [2.45, 2.75) is 38.1 Å². The number of halogens is 4. The molecule has 3 rings (SSSR count). The number of hydrogen-bond acceptors (Lipinski definition) is 2. The zero-order valence-electron chi connectivity index (χ0n) is 13.3. The van der Waals surface area contributed by atoms with E-state index in [9.17, 15) is 0 Å². The van der Waals surface area contributed by atoms with Gasteiger partial charge in [-0.15, -0.1) is 24.8 Å². The molecule has 1 aromatic carbocycles. The Morgan fingerprint density at radius 3 is 2.09 bits per heavy atom. The molecule has 0 aromatic heterocycles. The Kier molecular flexibility index (Phi) is 9.58. The number of piperazine rings is 1. The van der Waals surface area contributed by atoms with Gasteiger partial charge in [0, 0.05) is 47.8 Å². The molecular weight excluding hydrogens is 374 g/mol. The highest BCUT2D eigenvalue weighted by Gasteiger charge is 2.33. The van der Waals surface area contributed by atoms with E-state index in [2.05, 4.69) is 10.2 Å². The van der Waals surface area contributed by atoms with Crippen LogP contribution in [0, 0.1) is 5.92 Å². The van der Waals surface area contributed by atoms with E-state index in [0.717, 1.165) is 41.8 Å². The average molecular weight is 400 g/mol. The monoisotopic (exact) mass is 398 g/mol. The Morgan fingerprint density at radius 2 is 1.52 bits per heavy atom. The topological polar surface area (TPSA) is 15.3 Å². The maximum absolute atomic E-state index is 6.54. The highest BCUT2D eigenvalue weighted by Crippen LogP contribution is 2.43. The molecule has 1 saturated heterocycles. The van der Waals surface area contributed by atoms with Gasteiger partial charge < -0.3 is 5.32 Å². The second-order valence-corrected chi connectivity index (χ2v) is 7.08. The first kappa shape index (κ1) is 21.3. The minimum Gasteiger partial charge on any atom is -0.314 e. The normalized spacial score (nSPS) is 21.1. The number of benzene rings is 1. The van der Waals surface area contributed by atoms with Crippen molar-refractivity contribution < 1.29 is 0 Å². The van der Waals surface area contributed by atoms with Crippen LogP contribution in [0.25, 0.3) is 0 Å². The summed E-state index contributed by atoms with van der Waals surface area (Å²) in [5.74, 6) is 0.689. The fourth-order valence-electron chi connectivity index (χ4n) is 3.92. The molecule has 1 N–H and O–H groups in total. The molecule has 2 nitrogen and oxygen atoms in total. The van der Waals surface area contributed by atoms with Crippen molar-refractivity contribution in [3.05, 3.63) is 33.8 Å². The van der Waals surface area contributed by atoms with E-state index in [0.29, 0.717) is 12.0 Å². The van der Waals surface area contributed by atoms with Gasteiger partial charge in [0.15, 0.2) is 0 Å². The van der Waals surface area contributed by atoms with E-state index < -0.39 is 0 Å². The molecule has 0 unspecified atom stereocenters. The Bertz CT molecular complexity index is 433. The summed E-state index contributed by atoms with van der Waals surface area (Å²) < 4.78 is 0. The lowest BCUT2D eigenvalue weighted by molar-refractivity contribution is 0.103. The zero-order valence-corrected chi connectivity index (χ0v) is 16.4. The van der Waals surface area contributed by atoms with Crippen LogP contribution >= 0.6 is 48.0 Å². The largest absolute Gasteiger partial charge is 0.314 e. The van der Waals surface area contributed by atoms with Crippen LogP contribution in [0.3, 0.4) is 0 Å². The molecule has 1 atom stereocenters. The van der Waals surface area contributed by atoms with Crippen molar-refractivity contribution in [1.82, 2.24) is 10.2 Å². The Hall–Kier alpha value is 0.300. The average Bonchev–Trinajstić information content (AvgIpc) is 2.53. The standard InChI is InChI=1S/C17H24Cl2N2.2ClH/c18-14-7-4-8-15(19)16(14)17(13-5-2-1-3-6-13)21-11-9-20-10-12-21;;/h4,7-8,13,17,20H,1-3,5-6,9-12H2;2*1H/t17-;;/m1../s1.